The van der Waals surface area contributed by atoms with Crippen LogP contribution >= 0.6 is 0 Å². The summed E-state index contributed by atoms with van der Waals surface area (Å²) in [4.78, 5) is 11.1. The van der Waals surface area contributed by atoms with Gasteiger partial charge < -0.3 is 11.1 Å². The first-order valence-corrected chi connectivity index (χ1v) is 6.71. The molecule has 104 valence electrons. The Kier molecular flexibility index (Phi) is 4.08. The molecule has 3 N–H and O–H groups in total. The van der Waals surface area contributed by atoms with Gasteiger partial charge in [0.1, 0.15) is 0 Å². The lowest BCUT2D eigenvalue weighted by atomic mass is 10.0. The molecule has 0 fully saturated rings. The summed E-state index contributed by atoms with van der Waals surface area (Å²) in [6.45, 7) is 6.18. The Labute approximate surface area is 119 Å². The molecule has 1 atom stereocenters. The van der Waals surface area contributed by atoms with Gasteiger partial charge in [0.2, 0.25) is 5.91 Å². The van der Waals surface area contributed by atoms with E-state index in [1.165, 1.54) is 11.1 Å². The number of hydrogen-bond acceptors (Lipinski definition) is 2. The molecule has 2 rings (SSSR count). The van der Waals surface area contributed by atoms with E-state index in [4.69, 9.17) is 5.73 Å². The zero-order valence-electron chi connectivity index (χ0n) is 12.1. The first kappa shape index (κ1) is 14.1. The molecular weight excluding hydrogens is 248 g/mol. The van der Waals surface area contributed by atoms with Crippen LogP contribution in [0, 0.1) is 13.8 Å². The van der Waals surface area contributed by atoms with Crippen molar-refractivity contribution >= 4 is 11.6 Å². The van der Waals surface area contributed by atoms with E-state index in [9.17, 15) is 4.79 Å². The Balaban J connectivity index is 2.19. The molecule has 0 spiro atoms. The summed E-state index contributed by atoms with van der Waals surface area (Å²) in [5.74, 6) is -0.397. The second-order valence-corrected chi connectivity index (χ2v) is 5.17. The van der Waals surface area contributed by atoms with Crippen LogP contribution in [0.5, 0.6) is 0 Å². The van der Waals surface area contributed by atoms with Crippen molar-refractivity contribution < 1.29 is 4.79 Å². The minimum absolute atomic E-state index is 0.202. The summed E-state index contributed by atoms with van der Waals surface area (Å²) in [5.41, 5.74) is 10.3. The molecule has 20 heavy (non-hydrogen) atoms. The van der Waals surface area contributed by atoms with Gasteiger partial charge in [-0.1, -0.05) is 29.8 Å². The van der Waals surface area contributed by atoms with Gasteiger partial charge in [-0.3, -0.25) is 4.79 Å². The van der Waals surface area contributed by atoms with Crippen molar-refractivity contribution in [2.75, 3.05) is 5.32 Å². The van der Waals surface area contributed by atoms with Crippen LogP contribution in [0.1, 0.15) is 40.0 Å². The summed E-state index contributed by atoms with van der Waals surface area (Å²) in [5, 5.41) is 3.47. The summed E-state index contributed by atoms with van der Waals surface area (Å²) < 4.78 is 0. The standard InChI is InChI=1S/C17H20N2O/c1-11-5-4-6-14(9-11)13(3)19-16-8-7-15(17(18)20)10-12(16)2/h4-10,13,19H,1-3H3,(H2,18,20). The van der Waals surface area contributed by atoms with Crippen LogP contribution in [0.2, 0.25) is 0 Å². The van der Waals surface area contributed by atoms with E-state index in [2.05, 4.69) is 43.4 Å². The fourth-order valence-corrected chi connectivity index (χ4v) is 2.23. The van der Waals surface area contributed by atoms with Crippen LogP contribution < -0.4 is 11.1 Å². The van der Waals surface area contributed by atoms with Crippen LogP contribution in [0.4, 0.5) is 5.69 Å². The number of primary amides is 1. The zero-order chi connectivity index (χ0) is 14.7. The second kappa shape index (κ2) is 5.78. The lowest BCUT2D eigenvalue weighted by Gasteiger charge is -2.18. The summed E-state index contributed by atoms with van der Waals surface area (Å²) in [6, 6.07) is 14.1. The smallest absolute Gasteiger partial charge is 0.248 e. The third-order valence-corrected chi connectivity index (χ3v) is 3.43. The zero-order valence-corrected chi connectivity index (χ0v) is 12.1. The highest BCUT2D eigenvalue weighted by molar-refractivity contribution is 5.93. The molecule has 0 saturated heterocycles. The summed E-state index contributed by atoms with van der Waals surface area (Å²) in [7, 11) is 0. The number of benzene rings is 2. The predicted molar refractivity (Wildman–Crippen MR) is 82.9 cm³/mol. The van der Waals surface area contributed by atoms with Gasteiger partial charge in [0.15, 0.2) is 0 Å². The number of carbonyl (C=O) groups is 1. The molecule has 0 aliphatic rings. The molecular formula is C17H20N2O. The predicted octanol–water partition coefficient (Wildman–Crippen LogP) is 3.58. The maximum absolute atomic E-state index is 11.1. The summed E-state index contributed by atoms with van der Waals surface area (Å²) in [6.07, 6.45) is 0. The van der Waals surface area contributed by atoms with Crippen LogP contribution in [-0.2, 0) is 0 Å². The normalized spacial score (nSPS) is 11.9. The quantitative estimate of drug-likeness (QED) is 0.890. The Bertz CT molecular complexity index is 635. The molecule has 0 radical (unpaired) electrons. The maximum atomic E-state index is 11.1. The highest BCUT2D eigenvalue weighted by Gasteiger charge is 2.08. The topological polar surface area (TPSA) is 55.1 Å². The minimum Gasteiger partial charge on any atom is -0.378 e. The first-order valence-electron chi connectivity index (χ1n) is 6.71. The summed E-state index contributed by atoms with van der Waals surface area (Å²) >= 11 is 0. The largest absolute Gasteiger partial charge is 0.378 e. The molecule has 0 heterocycles. The van der Waals surface area contributed by atoms with Crippen LogP contribution in [-0.4, -0.2) is 5.91 Å². The average molecular weight is 268 g/mol. The van der Waals surface area contributed by atoms with Crippen molar-refractivity contribution in [1.82, 2.24) is 0 Å². The molecule has 0 aliphatic heterocycles. The van der Waals surface area contributed by atoms with Crippen molar-refractivity contribution in [3.63, 3.8) is 0 Å². The van der Waals surface area contributed by atoms with E-state index < -0.39 is 5.91 Å². The Hall–Kier alpha value is -2.29. The fourth-order valence-electron chi connectivity index (χ4n) is 2.23. The number of carbonyl (C=O) groups excluding carboxylic acids is 1. The van der Waals surface area contributed by atoms with E-state index in [0.29, 0.717) is 5.56 Å². The van der Waals surface area contributed by atoms with Crippen molar-refractivity contribution in [2.45, 2.75) is 26.8 Å². The molecule has 0 aromatic heterocycles. The molecule has 2 aromatic rings. The monoisotopic (exact) mass is 268 g/mol. The van der Waals surface area contributed by atoms with E-state index in [1.807, 2.05) is 19.1 Å². The fraction of sp³-hybridized carbons (Fsp3) is 0.235. The van der Waals surface area contributed by atoms with Crippen LogP contribution in [0.15, 0.2) is 42.5 Å². The lowest BCUT2D eigenvalue weighted by molar-refractivity contribution is 0.1000. The molecule has 1 unspecified atom stereocenters. The van der Waals surface area contributed by atoms with Gasteiger partial charge in [-0.15, -0.1) is 0 Å². The molecule has 1 amide bonds. The highest BCUT2D eigenvalue weighted by atomic mass is 16.1. The van der Waals surface area contributed by atoms with Gasteiger partial charge in [-0.2, -0.15) is 0 Å². The van der Waals surface area contributed by atoms with E-state index in [0.717, 1.165) is 11.3 Å². The van der Waals surface area contributed by atoms with E-state index >= 15 is 0 Å². The number of amides is 1. The average Bonchev–Trinajstić information content (AvgIpc) is 2.40. The number of anilines is 1. The van der Waals surface area contributed by atoms with Gasteiger partial charge in [0, 0.05) is 17.3 Å². The van der Waals surface area contributed by atoms with E-state index in [-0.39, 0.29) is 6.04 Å². The second-order valence-electron chi connectivity index (χ2n) is 5.17. The third kappa shape index (κ3) is 3.18. The van der Waals surface area contributed by atoms with Crippen molar-refractivity contribution in [2.24, 2.45) is 5.73 Å². The van der Waals surface area contributed by atoms with Gasteiger partial charge in [-0.05, 0) is 50.1 Å². The Morgan fingerprint density at radius 3 is 2.50 bits per heavy atom. The van der Waals surface area contributed by atoms with Crippen LogP contribution in [0.3, 0.4) is 0 Å². The Morgan fingerprint density at radius 1 is 1.15 bits per heavy atom. The Morgan fingerprint density at radius 2 is 1.90 bits per heavy atom. The van der Waals surface area contributed by atoms with Gasteiger partial charge in [0.05, 0.1) is 0 Å². The van der Waals surface area contributed by atoms with Gasteiger partial charge in [-0.25, -0.2) is 0 Å². The van der Waals surface area contributed by atoms with Crippen molar-refractivity contribution in [3.05, 3.63) is 64.7 Å². The van der Waals surface area contributed by atoms with Gasteiger partial charge in [0.25, 0.3) is 0 Å². The first-order chi connectivity index (χ1) is 9.47. The molecule has 3 heteroatoms. The molecule has 3 nitrogen and oxygen atoms in total. The number of hydrogen-bond donors (Lipinski definition) is 2. The van der Waals surface area contributed by atoms with E-state index in [1.54, 1.807) is 6.07 Å². The number of aryl methyl sites for hydroxylation is 2. The van der Waals surface area contributed by atoms with Crippen molar-refractivity contribution in [1.29, 1.82) is 0 Å². The number of rotatable bonds is 4. The van der Waals surface area contributed by atoms with Crippen molar-refractivity contribution in [3.8, 4) is 0 Å². The van der Waals surface area contributed by atoms with Gasteiger partial charge >= 0.3 is 0 Å². The third-order valence-electron chi connectivity index (χ3n) is 3.43. The maximum Gasteiger partial charge on any atom is 0.248 e. The molecule has 0 saturated carbocycles. The highest BCUT2D eigenvalue weighted by Crippen LogP contribution is 2.23. The SMILES string of the molecule is Cc1cccc(C(C)Nc2ccc(C(N)=O)cc2C)c1. The van der Waals surface area contributed by atoms with Crippen LogP contribution in [0.25, 0.3) is 0 Å². The molecule has 0 bridgehead atoms. The minimum atomic E-state index is -0.397. The molecule has 2 aromatic carbocycles. The number of nitrogens with two attached hydrogens (primary N) is 1. The lowest BCUT2D eigenvalue weighted by Crippen LogP contribution is -2.12. The molecule has 0 aliphatic carbocycles. The number of nitrogens with one attached hydrogen (secondary N) is 1.